The van der Waals surface area contributed by atoms with Crippen LogP contribution in [-0.4, -0.2) is 34.2 Å². The van der Waals surface area contributed by atoms with Crippen molar-refractivity contribution in [1.29, 1.82) is 0 Å². The smallest absolute Gasteiger partial charge is 0.238 e. The predicted molar refractivity (Wildman–Crippen MR) is 81.7 cm³/mol. The van der Waals surface area contributed by atoms with Gasteiger partial charge in [0.05, 0.1) is 11.0 Å². The molecule has 5 nitrogen and oxygen atoms in total. The highest BCUT2D eigenvalue weighted by molar-refractivity contribution is 7.89. The van der Waals surface area contributed by atoms with E-state index >= 15 is 0 Å². The van der Waals surface area contributed by atoms with Crippen molar-refractivity contribution in [2.45, 2.75) is 36.7 Å². The number of nitrogens with two attached hydrogens (primary N) is 1. The van der Waals surface area contributed by atoms with E-state index in [-0.39, 0.29) is 4.90 Å². The molecule has 2 N–H and O–H groups in total. The van der Waals surface area contributed by atoms with Gasteiger partial charge in [0.2, 0.25) is 10.0 Å². The third-order valence-electron chi connectivity index (χ3n) is 4.56. The van der Waals surface area contributed by atoms with Crippen molar-refractivity contribution in [2.24, 2.45) is 11.1 Å². The molecule has 0 aliphatic carbocycles. The molecule has 0 bridgehead atoms. The highest BCUT2D eigenvalue weighted by atomic mass is 32.2. The molecule has 1 atom stereocenters. The molecule has 1 aromatic rings. The van der Waals surface area contributed by atoms with Crippen LogP contribution in [-0.2, 0) is 14.8 Å². The van der Waals surface area contributed by atoms with Gasteiger partial charge < -0.3 is 9.64 Å². The Bertz CT molecular complexity index is 571. The minimum Gasteiger partial charge on any atom is -0.378 e. The first-order chi connectivity index (χ1) is 10.0. The molecular weight excluding hydrogens is 288 g/mol. The second-order valence-corrected chi connectivity index (χ2v) is 7.48. The number of piperidine rings is 1. The van der Waals surface area contributed by atoms with E-state index in [1.165, 1.54) is 12.8 Å². The monoisotopic (exact) mass is 310 g/mol. The lowest BCUT2D eigenvalue weighted by Gasteiger charge is -2.35. The van der Waals surface area contributed by atoms with Gasteiger partial charge in [-0.05, 0) is 55.9 Å². The number of hydrogen-bond acceptors (Lipinski definition) is 4. The van der Waals surface area contributed by atoms with Crippen molar-refractivity contribution in [1.82, 2.24) is 0 Å². The molecule has 2 saturated heterocycles. The van der Waals surface area contributed by atoms with E-state index in [9.17, 15) is 8.42 Å². The van der Waals surface area contributed by atoms with E-state index in [1.807, 2.05) is 12.1 Å². The van der Waals surface area contributed by atoms with Crippen molar-refractivity contribution >= 4 is 15.7 Å². The Kier molecular flexibility index (Phi) is 4.19. The lowest BCUT2D eigenvalue weighted by atomic mass is 9.89. The molecule has 0 aromatic heterocycles. The van der Waals surface area contributed by atoms with Gasteiger partial charge in [0.15, 0.2) is 0 Å². The van der Waals surface area contributed by atoms with Crippen molar-refractivity contribution in [3.8, 4) is 0 Å². The van der Waals surface area contributed by atoms with Gasteiger partial charge in [-0.1, -0.05) is 0 Å². The largest absolute Gasteiger partial charge is 0.378 e. The summed E-state index contributed by atoms with van der Waals surface area (Å²) in [7, 11) is -3.61. The van der Waals surface area contributed by atoms with Gasteiger partial charge in [-0.25, -0.2) is 13.6 Å². The molecule has 2 aliphatic rings. The molecule has 2 fully saturated rings. The molecule has 116 valence electrons. The second-order valence-electron chi connectivity index (χ2n) is 5.91. The number of ether oxygens (including phenoxy) is 1. The minimum atomic E-state index is -3.61. The Morgan fingerprint density at radius 1 is 1.10 bits per heavy atom. The minimum absolute atomic E-state index is 0.167. The topological polar surface area (TPSA) is 72.6 Å². The normalized spacial score (nSPS) is 24.4. The Morgan fingerprint density at radius 3 is 2.29 bits per heavy atom. The fraction of sp³-hybridized carbons (Fsp3) is 0.600. The number of anilines is 1. The molecule has 2 aliphatic heterocycles. The molecule has 0 unspecified atom stereocenters. The fourth-order valence-corrected chi connectivity index (χ4v) is 3.87. The van der Waals surface area contributed by atoms with Gasteiger partial charge >= 0.3 is 0 Å². The summed E-state index contributed by atoms with van der Waals surface area (Å²) < 4.78 is 28.3. The number of sulfonamides is 1. The maximum Gasteiger partial charge on any atom is 0.238 e. The quantitative estimate of drug-likeness (QED) is 0.923. The van der Waals surface area contributed by atoms with Crippen LogP contribution < -0.4 is 10.0 Å². The fourth-order valence-electron chi connectivity index (χ4n) is 3.35. The van der Waals surface area contributed by atoms with Crippen LogP contribution in [0.15, 0.2) is 29.2 Å². The number of rotatable bonds is 3. The third-order valence-corrected chi connectivity index (χ3v) is 5.49. The van der Waals surface area contributed by atoms with Crippen molar-refractivity contribution in [3.63, 3.8) is 0 Å². The summed E-state index contributed by atoms with van der Waals surface area (Å²) >= 11 is 0. The molecule has 21 heavy (non-hydrogen) atoms. The zero-order valence-electron chi connectivity index (χ0n) is 12.1. The molecular formula is C15H22N2O3S. The maximum absolute atomic E-state index is 11.3. The van der Waals surface area contributed by atoms with Crippen LogP contribution in [0.2, 0.25) is 0 Å². The molecule has 6 heteroatoms. The average molecular weight is 310 g/mol. The van der Waals surface area contributed by atoms with E-state index in [0.717, 1.165) is 38.2 Å². The highest BCUT2D eigenvalue weighted by Crippen LogP contribution is 2.31. The SMILES string of the molecule is NS(=O)(=O)c1ccc(N2CCC([C@@H]3CCCO3)CC2)cc1. The molecule has 0 amide bonds. The van der Waals surface area contributed by atoms with Crippen LogP contribution in [0.25, 0.3) is 0 Å². The summed E-state index contributed by atoms with van der Waals surface area (Å²) in [4.78, 5) is 2.47. The van der Waals surface area contributed by atoms with Crippen LogP contribution >= 0.6 is 0 Å². The van der Waals surface area contributed by atoms with Gasteiger partial charge in [-0.15, -0.1) is 0 Å². The van der Waals surface area contributed by atoms with Gasteiger partial charge in [0.1, 0.15) is 0 Å². The Balaban J connectivity index is 1.61. The lowest BCUT2D eigenvalue weighted by molar-refractivity contribution is 0.0531. The second kappa shape index (κ2) is 5.94. The van der Waals surface area contributed by atoms with Crippen molar-refractivity contribution in [3.05, 3.63) is 24.3 Å². The van der Waals surface area contributed by atoms with Crippen molar-refractivity contribution in [2.75, 3.05) is 24.6 Å². The van der Waals surface area contributed by atoms with E-state index in [1.54, 1.807) is 12.1 Å². The van der Waals surface area contributed by atoms with E-state index < -0.39 is 10.0 Å². The van der Waals surface area contributed by atoms with E-state index in [2.05, 4.69) is 4.90 Å². The number of primary sulfonamides is 1. The van der Waals surface area contributed by atoms with Crippen LogP contribution in [0.3, 0.4) is 0 Å². The number of benzene rings is 1. The van der Waals surface area contributed by atoms with Crippen LogP contribution in [0.4, 0.5) is 5.69 Å². The lowest BCUT2D eigenvalue weighted by Crippen LogP contribution is -2.37. The van der Waals surface area contributed by atoms with Gasteiger partial charge in [0, 0.05) is 25.4 Å². The molecule has 3 rings (SSSR count). The maximum atomic E-state index is 11.3. The molecule has 0 spiro atoms. The first kappa shape index (κ1) is 14.8. The molecule has 0 radical (unpaired) electrons. The van der Waals surface area contributed by atoms with E-state index in [0.29, 0.717) is 12.0 Å². The summed E-state index contributed by atoms with van der Waals surface area (Å²) in [6.45, 7) is 2.92. The zero-order chi connectivity index (χ0) is 14.9. The molecule has 1 aromatic carbocycles. The number of hydrogen-bond donors (Lipinski definition) is 1. The van der Waals surface area contributed by atoms with Crippen LogP contribution in [0.5, 0.6) is 0 Å². The Morgan fingerprint density at radius 2 is 1.76 bits per heavy atom. The molecule has 0 saturated carbocycles. The van der Waals surface area contributed by atoms with Crippen LogP contribution in [0.1, 0.15) is 25.7 Å². The third kappa shape index (κ3) is 3.39. The summed E-state index contributed by atoms with van der Waals surface area (Å²) in [6.07, 6.45) is 5.13. The Labute approximate surface area is 126 Å². The summed E-state index contributed by atoms with van der Waals surface area (Å²) in [5.74, 6) is 0.674. The van der Waals surface area contributed by atoms with E-state index in [4.69, 9.17) is 9.88 Å². The summed E-state index contributed by atoms with van der Waals surface area (Å²) in [5.41, 5.74) is 1.06. The van der Waals surface area contributed by atoms with Gasteiger partial charge in [-0.3, -0.25) is 0 Å². The average Bonchev–Trinajstić information content (AvgIpc) is 3.01. The van der Waals surface area contributed by atoms with Gasteiger partial charge in [0.25, 0.3) is 0 Å². The first-order valence-corrected chi connectivity index (χ1v) is 9.08. The van der Waals surface area contributed by atoms with Crippen LogP contribution in [0, 0.1) is 5.92 Å². The zero-order valence-corrected chi connectivity index (χ0v) is 12.9. The molecule has 2 heterocycles. The predicted octanol–water partition coefficient (Wildman–Crippen LogP) is 1.73. The number of nitrogens with zero attached hydrogens (tertiary/aromatic N) is 1. The first-order valence-electron chi connectivity index (χ1n) is 7.53. The summed E-state index contributed by atoms with van der Waals surface area (Å²) in [6, 6.07) is 6.84. The van der Waals surface area contributed by atoms with Gasteiger partial charge in [-0.2, -0.15) is 0 Å². The highest BCUT2D eigenvalue weighted by Gasteiger charge is 2.29. The summed E-state index contributed by atoms with van der Waals surface area (Å²) in [5, 5.41) is 5.12. The standard InChI is InChI=1S/C15H22N2O3S/c16-21(18,19)14-5-3-13(4-6-14)17-9-7-12(8-10-17)15-2-1-11-20-15/h3-6,12,15H,1-2,7-11H2,(H2,16,18,19)/t15-/m0/s1. The van der Waals surface area contributed by atoms with Crippen molar-refractivity contribution < 1.29 is 13.2 Å². The Hall–Kier alpha value is -1.11.